The number of aromatic hydroxyl groups is 1. The number of nitrogens with one attached hydrogen (secondary N) is 2. The number of hydrogen-bond acceptors (Lipinski definition) is 6. The fourth-order valence-electron chi connectivity index (χ4n) is 2.60. The summed E-state index contributed by atoms with van der Waals surface area (Å²) in [6, 6.07) is 9.71. The van der Waals surface area contributed by atoms with Crippen LogP contribution in [0.2, 0.25) is 0 Å². The Hall–Kier alpha value is -4.41. The van der Waals surface area contributed by atoms with Crippen LogP contribution in [0.25, 0.3) is 0 Å². The van der Waals surface area contributed by atoms with E-state index in [2.05, 4.69) is 15.6 Å². The zero-order chi connectivity index (χ0) is 25.5. The van der Waals surface area contributed by atoms with E-state index in [4.69, 9.17) is 15.6 Å². The van der Waals surface area contributed by atoms with E-state index >= 15 is 0 Å². The number of phenols is 1. The van der Waals surface area contributed by atoms with Gasteiger partial charge in [-0.3, -0.25) is 14.4 Å². The molecule has 2 aromatic carbocycles. The Labute approximate surface area is 195 Å². The number of anilines is 1. The second-order valence-corrected chi connectivity index (χ2v) is 8.14. The first-order valence-corrected chi connectivity index (χ1v) is 10.2. The van der Waals surface area contributed by atoms with E-state index in [1.54, 1.807) is 20.8 Å². The van der Waals surface area contributed by atoms with Crippen molar-refractivity contribution < 1.29 is 34.1 Å². The lowest BCUT2D eigenvalue weighted by Crippen LogP contribution is -2.26. The minimum absolute atomic E-state index is 0.00837. The van der Waals surface area contributed by atoms with Gasteiger partial charge in [0.1, 0.15) is 17.2 Å². The molecule has 0 atom stereocenters. The van der Waals surface area contributed by atoms with Crippen molar-refractivity contribution in [2.45, 2.75) is 32.8 Å². The Bertz CT molecular complexity index is 1120. The number of rotatable bonds is 7. The maximum atomic E-state index is 12.6. The number of phenolic OH excluding ortho intramolecular Hbond substituents is 1. The first-order valence-electron chi connectivity index (χ1n) is 10.2. The monoisotopic (exact) mass is 470 g/mol. The van der Waals surface area contributed by atoms with Gasteiger partial charge in [-0.25, -0.2) is 4.79 Å². The van der Waals surface area contributed by atoms with E-state index in [0.29, 0.717) is 5.56 Å². The molecule has 0 aliphatic rings. The molecule has 2 aromatic rings. The molecule has 180 valence electrons. The highest BCUT2D eigenvalue weighted by atomic mass is 16.6. The maximum Gasteiger partial charge on any atom is 0.436 e. The number of ether oxygens (including phenoxy) is 1. The van der Waals surface area contributed by atoms with Crippen LogP contribution in [0.5, 0.6) is 5.75 Å². The molecule has 0 aliphatic carbocycles. The lowest BCUT2D eigenvalue weighted by atomic mass is 10.1. The average molecular weight is 470 g/mol. The molecule has 11 nitrogen and oxygen atoms in total. The molecule has 0 saturated heterocycles. The molecule has 3 amide bonds. The van der Waals surface area contributed by atoms with Gasteiger partial charge in [0.15, 0.2) is 0 Å². The molecule has 0 aromatic heterocycles. The molecule has 0 spiro atoms. The number of carbonyl (C=O) groups excluding carboxylic acids is 3. The number of amidine groups is 1. The third-order valence-electron chi connectivity index (χ3n) is 4.18. The van der Waals surface area contributed by atoms with Gasteiger partial charge in [-0.1, -0.05) is 12.1 Å². The summed E-state index contributed by atoms with van der Waals surface area (Å²) in [5.74, 6) is -2.53. The van der Waals surface area contributed by atoms with Gasteiger partial charge in [0, 0.05) is 23.2 Å². The normalized spacial score (nSPS) is 11.4. The molecule has 34 heavy (non-hydrogen) atoms. The minimum Gasteiger partial charge on any atom is -0.506 e. The van der Waals surface area contributed by atoms with Crippen LogP contribution in [0, 0.1) is 0 Å². The standard InChI is InChI=1S/C23H26N4O7/c1-23(2,3)34-22(33)27-19(24)13-4-6-14(7-5-13)21(32)26-16-12-15(8-9-17(16)28)20(31)25-11-10-18(29)30/h4-9,12,28H,10-11H2,1-3H3,(H,25,31)(H,26,32)(H,29,30)(H2,24,27,33). The van der Waals surface area contributed by atoms with Gasteiger partial charge in [0.05, 0.1) is 12.1 Å². The quantitative estimate of drug-likeness (QED) is 0.232. The summed E-state index contributed by atoms with van der Waals surface area (Å²) >= 11 is 0. The Morgan fingerprint density at radius 3 is 2.15 bits per heavy atom. The van der Waals surface area contributed by atoms with Gasteiger partial charge < -0.3 is 31.3 Å². The van der Waals surface area contributed by atoms with Gasteiger partial charge in [0.25, 0.3) is 11.8 Å². The average Bonchev–Trinajstić information content (AvgIpc) is 2.73. The summed E-state index contributed by atoms with van der Waals surface area (Å²) in [5.41, 5.74) is 5.83. The summed E-state index contributed by atoms with van der Waals surface area (Å²) < 4.78 is 5.08. The minimum atomic E-state index is -1.05. The highest BCUT2D eigenvalue weighted by Crippen LogP contribution is 2.25. The van der Waals surface area contributed by atoms with Gasteiger partial charge in [-0.15, -0.1) is 0 Å². The van der Waals surface area contributed by atoms with Crippen molar-refractivity contribution in [3.63, 3.8) is 0 Å². The molecule has 6 N–H and O–H groups in total. The van der Waals surface area contributed by atoms with E-state index < -0.39 is 29.5 Å². The van der Waals surface area contributed by atoms with E-state index in [0.717, 1.165) is 0 Å². The Balaban J connectivity index is 2.09. The predicted molar refractivity (Wildman–Crippen MR) is 124 cm³/mol. The van der Waals surface area contributed by atoms with Crippen molar-refractivity contribution in [2.75, 3.05) is 11.9 Å². The Morgan fingerprint density at radius 1 is 0.971 bits per heavy atom. The summed E-state index contributed by atoms with van der Waals surface area (Å²) in [7, 11) is 0. The highest BCUT2D eigenvalue weighted by molar-refractivity contribution is 6.07. The molecular weight excluding hydrogens is 444 g/mol. The van der Waals surface area contributed by atoms with E-state index in [1.165, 1.54) is 42.5 Å². The van der Waals surface area contributed by atoms with E-state index in [9.17, 15) is 24.3 Å². The Morgan fingerprint density at radius 2 is 1.56 bits per heavy atom. The molecule has 11 heteroatoms. The van der Waals surface area contributed by atoms with E-state index in [-0.39, 0.29) is 41.4 Å². The molecule has 0 fully saturated rings. The molecular formula is C23H26N4O7. The molecule has 0 heterocycles. The number of nitrogens with zero attached hydrogens (tertiary/aromatic N) is 1. The van der Waals surface area contributed by atoms with Crippen LogP contribution < -0.4 is 16.4 Å². The van der Waals surface area contributed by atoms with Gasteiger partial charge >= 0.3 is 12.1 Å². The Kier molecular flexibility index (Phi) is 8.32. The summed E-state index contributed by atoms with van der Waals surface area (Å²) in [6.45, 7) is 5.03. The molecule has 0 saturated carbocycles. The fraction of sp³-hybridized carbons (Fsp3) is 0.261. The van der Waals surface area contributed by atoms with Crippen LogP contribution in [-0.4, -0.2) is 52.1 Å². The summed E-state index contributed by atoms with van der Waals surface area (Å²) in [5, 5.41) is 23.6. The van der Waals surface area contributed by atoms with Crippen molar-refractivity contribution in [2.24, 2.45) is 10.7 Å². The topological polar surface area (TPSA) is 180 Å². The zero-order valence-electron chi connectivity index (χ0n) is 18.9. The van der Waals surface area contributed by atoms with Crippen molar-refractivity contribution >= 4 is 35.4 Å². The van der Waals surface area contributed by atoms with Crippen molar-refractivity contribution in [1.29, 1.82) is 0 Å². The zero-order valence-corrected chi connectivity index (χ0v) is 18.9. The number of aliphatic imine (C=N–C) groups is 1. The fourth-order valence-corrected chi connectivity index (χ4v) is 2.60. The maximum absolute atomic E-state index is 12.6. The van der Waals surface area contributed by atoms with Gasteiger partial charge in [-0.2, -0.15) is 4.99 Å². The second kappa shape index (κ2) is 10.9. The SMILES string of the molecule is CC(C)(C)OC(=O)N=C(N)c1ccc(C(=O)Nc2cc(C(=O)NCCC(=O)O)ccc2O)cc1. The van der Waals surface area contributed by atoms with E-state index in [1.807, 2.05) is 0 Å². The molecule has 2 rings (SSSR count). The van der Waals surface area contributed by atoms with Crippen LogP contribution >= 0.6 is 0 Å². The van der Waals surface area contributed by atoms with Crippen LogP contribution in [0.1, 0.15) is 53.5 Å². The molecule has 0 radical (unpaired) electrons. The van der Waals surface area contributed by atoms with Crippen LogP contribution in [-0.2, 0) is 9.53 Å². The number of aliphatic carboxylic acids is 1. The van der Waals surface area contributed by atoms with Crippen LogP contribution in [0.3, 0.4) is 0 Å². The van der Waals surface area contributed by atoms with Crippen molar-refractivity contribution in [3.05, 3.63) is 59.2 Å². The van der Waals surface area contributed by atoms with Crippen LogP contribution in [0.4, 0.5) is 10.5 Å². The molecule has 0 bridgehead atoms. The first kappa shape index (κ1) is 25.8. The van der Waals surface area contributed by atoms with Gasteiger partial charge in [0.2, 0.25) is 0 Å². The highest BCUT2D eigenvalue weighted by Gasteiger charge is 2.17. The number of hydrogen-bond donors (Lipinski definition) is 5. The number of benzene rings is 2. The third-order valence-corrected chi connectivity index (χ3v) is 4.18. The smallest absolute Gasteiger partial charge is 0.436 e. The largest absolute Gasteiger partial charge is 0.506 e. The summed E-state index contributed by atoms with van der Waals surface area (Å²) in [6.07, 6.45) is -1.08. The number of carbonyl (C=O) groups is 4. The van der Waals surface area contributed by atoms with Gasteiger partial charge in [-0.05, 0) is 51.1 Å². The lowest BCUT2D eigenvalue weighted by Gasteiger charge is -2.17. The second-order valence-electron chi connectivity index (χ2n) is 8.14. The summed E-state index contributed by atoms with van der Waals surface area (Å²) in [4.78, 5) is 50.8. The molecule has 0 aliphatic heterocycles. The third kappa shape index (κ3) is 7.93. The lowest BCUT2D eigenvalue weighted by molar-refractivity contribution is -0.136. The number of carboxylic acid groups (broad SMARTS) is 1. The van der Waals surface area contributed by atoms with Crippen LogP contribution in [0.15, 0.2) is 47.5 Å². The number of nitrogens with two attached hydrogens (primary N) is 1. The predicted octanol–water partition coefficient (Wildman–Crippen LogP) is 2.49. The molecule has 0 unspecified atom stereocenters. The van der Waals surface area contributed by atoms with Crippen molar-refractivity contribution in [1.82, 2.24) is 5.32 Å². The number of amides is 3. The number of carboxylic acids is 1. The van der Waals surface area contributed by atoms with Crippen molar-refractivity contribution in [3.8, 4) is 5.75 Å². The first-order chi connectivity index (χ1) is 15.9.